The molecule has 1 atom stereocenters. The molecule has 2 rings (SSSR count). The maximum atomic E-state index is 12.8. The number of aliphatic carboxylic acids is 1. The number of hydrogen-bond donors (Lipinski definition) is 1. The highest BCUT2D eigenvalue weighted by atomic mass is 79.9. The third-order valence-corrected chi connectivity index (χ3v) is 4.47. The van der Waals surface area contributed by atoms with Crippen molar-refractivity contribution < 1.29 is 14.3 Å². The van der Waals surface area contributed by atoms with Gasteiger partial charge in [-0.3, -0.25) is 4.79 Å². The first-order chi connectivity index (χ1) is 9.04. The number of rotatable bonds is 5. The predicted molar refractivity (Wildman–Crippen MR) is 77.0 cm³/mol. The van der Waals surface area contributed by atoms with E-state index in [0.717, 1.165) is 14.2 Å². The van der Waals surface area contributed by atoms with Gasteiger partial charge in [0.1, 0.15) is 5.82 Å². The Balaban J connectivity index is 2.08. The molecule has 2 aromatic rings. The van der Waals surface area contributed by atoms with Gasteiger partial charge in [0.2, 0.25) is 0 Å². The van der Waals surface area contributed by atoms with Crippen LogP contribution in [0.5, 0.6) is 0 Å². The van der Waals surface area contributed by atoms with Gasteiger partial charge in [0, 0.05) is 4.88 Å². The second-order valence-corrected chi connectivity index (χ2v) is 6.82. The van der Waals surface area contributed by atoms with Crippen molar-refractivity contribution >= 4 is 33.2 Å². The molecule has 100 valence electrons. The highest BCUT2D eigenvalue weighted by Gasteiger charge is 2.19. The first kappa shape index (κ1) is 14.2. The van der Waals surface area contributed by atoms with E-state index in [-0.39, 0.29) is 5.82 Å². The Hall–Kier alpha value is -1.20. The topological polar surface area (TPSA) is 37.3 Å². The third-order valence-electron chi connectivity index (χ3n) is 2.82. The summed E-state index contributed by atoms with van der Waals surface area (Å²) in [5.74, 6) is -1.62. The van der Waals surface area contributed by atoms with Crippen molar-refractivity contribution in [2.24, 2.45) is 5.92 Å². The quantitative estimate of drug-likeness (QED) is 0.886. The van der Waals surface area contributed by atoms with Crippen molar-refractivity contribution in [2.75, 3.05) is 0 Å². The molecule has 1 unspecified atom stereocenters. The fourth-order valence-corrected chi connectivity index (χ4v) is 3.42. The lowest BCUT2D eigenvalue weighted by atomic mass is 9.95. The van der Waals surface area contributed by atoms with E-state index >= 15 is 0 Å². The number of carboxylic acids is 1. The summed E-state index contributed by atoms with van der Waals surface area (Å²) in [5.41, 5.74) is 0.837. The number of thiophene rings is 1. The number of benzene rings is 1. The van der Waals surface area contributed by atoms with Gasteiger partial charge < -0.3 is 5.11 Å². The van der Waals surface area contributed by atoms with Crippen molar-refractivity contribution in [3.8, 4) is 0 Å². The molecule has 0 fully saturated rings. The summed E-state index contributed by atoms with van der Waals surface area (Å²) in [6, 6.07) is 9.82. The van der Waals surface area contributed by atoms with Gasteiger partial charge in [-0.15, -0.1) is 11.3 Å². The van der Waals surface area contributed by atoms with Crippen LogP contribution in [-0.2, 0) is 17.6 Å². The lowest BCUT2D eigenvalue weighted by Gasteiger charge is -2.11. The molecule has 1 N–H and O–H groups in total. The summed E-state index contributed by atoms with van der Waals surface area (Å²) in [5, 5.41) is 9.28. The van der Waals surface area contributed by atoms with E-state index in [1.165, 1.54) is 23.5 Å². The molecule has 0 saturated carbocycles. The molecular weight excluding hydrogens is 331 g/mol. The Morgan fingerprint density at radius 2 is 1.89 bits per heavy atom. The van der Waals surface area contributed by atoms with Crippen molar-refractivity contribution in [3.63, 3.8) is 0 Å². The predicted octanol–water partition coefficient (Wildman–Crippen LogP) is 4.14. The van der Waals surface area contributed by atoms with E-state index in [0.29, 0.717) is 12.8 Å². The molecule has 1 heterocycles. The van der Waals surface area contributed by atoms with Crippen LogP contribution in [0.4, 0.5) is 4.39 Å². The standard InChI is InChI=1S/C14H12BrFO2S/c15-13-6-5-12(19-13)8-10(14(17)18)7-9-1-3-11(16)4-2-9/h1-6,10H,7-8H2,(H,17,18). The van der Waals surface area contributed by atoms with Crippen LogP contribution in [0.25, 0.3) is 0 Å². The molecule has 0 aliphatic heterocycles. The lowest BCUT2D eigenvalue weighted by molar-refractivity contribution is -0.141. The molecule has 0 aliphatic carbocycles. The minimum atomic E-state index is -0.825. The second-order valence-electron chi connectivity index (χ2n) is 4.28. The fraction of sp³-hybridized carbons (Fsp3) is 0.214. The van der Waals surface area contributed by atoms with E-state index in [1.807, 2.05) is 12.1 Å². The Bertz CT molecular complexity index is 565. The van der Waals surface area contributed by atoms with Gasteiger partial charge in [-0.25, -0.2) is 4.39 Å². The van der Waals surface area contributed by atoms with Gasteiger partial charge in [0.15, 0.2) is 0 Å². The Morgan fingerprint density at radius 1 is 1.21 bits per heavy atom. The number of hydrogen-bond acceptors (Lipinski definition) is 2. The normalized spacial score (nSPS) is 12.3. The summed E-state index contributed by atoms with van der Waals surface area (Å²) in [4.78, 5) is 12.3. The van der Waals surface area contributed by atoms with Crippen LogP contribution in [0.3, 0.4) is 0 Å². The van der Waals surface area contributed by atoms with Gasteiger partial charge in [0.25, 0.3) is 0 Å². The molecule has 0 spiro atoms. The fourth-order valence-electron chi connectivity index (χ4n) is 1.86. The Morgan fingerprint density at radius 3 is 2.42 bits per heavy atom. The summed E-state index contributed by atoms with van der Waals surface area (Å²) >= 11 is 4.90. The van der Waals surface area contributed by atoms with Gasteiger partial charge in [-0.05, 0) is 58.6 Å². The Kier molecular flexibility index (Phi) is 4.71. The average molecular weight is 343 g/mol. The molecule has 0 saturated heterocycles. The first-order valence-corrected chi connectivity index (χ1v) is 7.37. The molecule has 0 bridgehead atoms. The summed E-state index contributed by atoms with van der Waals surface area (Å²) < 4.78 is 13.8. The van der Waals surface area contributed by atoms with E-state index < -0.39 is 11.9 Å². The van der Waals surface area contributed by atoms with Gasteiger partial charge in [0.05, 0.1) is 9.70 Å². The van der Waals surface area contributed by atoms with Gasteiger partial charge in [-0.2, -0.15) is 0 Å². The van der Waals surface area contributed by atoms with Crippen molar-refractivity contribution in [1.82, 2.24) is 0 Å². The van der Waals surface area contributed by atoms with Crippen LogP contribution in [-0.4, -0.2) is 11.1 Å². The van der Waals surface area contributed by atoms with Crippen molar-refractivity contribution in [3.05, 3.63) is 56.4 Å². The minimum Gasteiger partial charge on any atom is -0.481 e. The third kappa shape index (κ3) is 4.14. The molecule has 1 aromatic carbocycles. The Labute approximate surface area is 123 Å². The molecule has 1 aromatic heterocycles. The molecule has 0 aliphatic rings. The minimum absolute atomic E-state index is 0.308. The van der Waals surface area contributed by atoms with E-state index in [9.17, 15) is 14.3 Å². The van der Waals surface area contributed by atoms with Crippen LogP contribution < -0.4 is 0 Å². The number of carboxylic acid groups (broad SMARTS) is 1. The van der Waals surface area contributed by atoms with Crippen molar-refractivity contribution in [2.45, 2.75) is 12.8 Å². The number of halogens is 2. The van der Waals surface area contributed by atoms with Crippen LogP contribution >= 0.6 is 27.3 Å². The van der Waals surface area contributed by atoms with Crippen LogP contribution in [0, 0.1) is 11.7 Å². The van der Waals surface area contributed by atoms with E-state index in [4.69, 9.17) is 0 Å². The average Bonchev–Trinajstić information content (AvgIpc) is 2.76. The smallest absolute Gasteiger partial charge is 0.307 e. The summed E-state index contributed by atoms with van der Waals surface area (Å²) in [7, 11) is 0. The molecule has 5 heteroatoms. The zero-order valence-electron chi connectivity index (χ0n) is 9.98. The zero-order valence-corrected chi connectivity index (χ0v) is 12.4. The molecular formula is C14H12BrFO2S. The first-order valence-electron chi connectivity index (χ1n) is 5.76. The maximum absolute atomic E-state index is 12.8. The van der Waals surface area contributed by atoms with E-state index in [1.54, 1.807) is 12.1 Å². The molecule has 0 radical (unpaired) electrons. The van der Waals surface area contributed by atoms with Crippen LogP contribution in [0.2, 0.25) is 0 Å². The lowest BCUT2D eigenvalue weighted by Crippen LogP contribution is -2.18. The largest absolute Gasteiger partial charge is 0.481 e. The maximum Gasteiger partial charge on any atom is 0.307 e. The monoisotopic (exact) mass is 342 g/mol. The second kappa shape index (κ2) is 6.30. The zero-order chi connectivity index (χ0) is 13.8. The highest BCUT2D eigenvalue weighted by Crippen LogP contribution is 2.25. The van der Waals surface area contributed by atoms with E-state index in [2.05, 4.69) is 15.9 Å². The van der Waals surface area contributed by atoms with Crippen LogP contribution in [0.15, 0.2) is 40.2 Å². The highest BCUT2D eigenvalue weighted by molar-refractivity contribution is 9.11. The van der Waals surface area contributed by atoms with Gasteiger partial charge in [-0.1, -0.05) is 12.1 Å². The van der Waals surface area contributed by atoms with Gasteiger partial charge >= 0.3 is 5.97 Å². The summed E-state index contributed by atoms with van der Waals surface area (Å²) in [6.07, 6.45) is 0.897. The molecule has 0 amide bonds. The van der Waals surface area contributed by atoms with Crippen molar-refractivity contribution in [1.29, 1.82) is 0 Å². The summed E-state index contributed by atoms with van der Waals surface area (Å²) in [6.45, 7) is 0. The van der Waals surface area contributed by atoms with Crippen LogP contribution in [0.1, 0.15) is 10.4 Å². The molecule has 2 nitrogen and oxygen atoms in total. The molecule has 19 heavy (non-hydrogen) atoms. The SMILES string of the molecule is O=C(O)C(Cc1ccc(F)cc1)Cc1ccc(Br)s1. The number of carbonyl (C=O) groups is 1.